The normalized spacial score (nSPS) is 14.3. The molecule has 1 aliphatic carbocycles. The molecule has 0 aliphatic heterocycles. The van der Waals surface area contributed by atoms with Crippen LogP contribution in [0.3, 0.4) is 0 Å². The fourth-order valence-corrected chi connectivity index (χ4v) is 2.86. The number of amides is 1. The third kappa shape index (κ3) is 5.11. The van der Waals surface area contributed by atoms with Gasteiger partial charge in [0.05, 0.1) is 5.56 Å². The Morgan fingerprint density at radius 3 is 2.56 bits per heavy atom. The fourth-order valence-electron chi connectivity index (χ4n) is 2.67. The van der Waals surface area contributed by atoms with Crippen LogP contribution in [-0.2, 0) is 6.61 Å². The lowest BCUT2D eigenvalue weighted by Gasteiger charge is -2.17. The average molecular weight is 381 g/mol. The van der Waals surface area contributed by atoms with E-state index in [9.17, 15) is 4.79 Å². The van der Waals surface area contributed by atoms with Gasteiger partial charge in [-0.05, 0) is 37.0 Å². The number of carbonyl (C=O) groups excluding carboxylic acids is 1. The van der Waals surface area contributed by atoms with Crippen molar-refractivity contribution in [2.24, 2.45) is 11.7 Å². The van der Waals surface area contributed by atoms with Crippen LogP contribution in [0.4, 0.5) is 0 Å². The van der Waals surface area contributed by atoms with E-state index >= 15 is 0 Å². The summed E-state index contributed by atoms with van der Waals surface area (Å²) in [6.07, 6.45) is 2.26. The van der Waals surface area contributed by atoms with Gasteiger partial charge in [-0.15, -0.1) is 12.4 Å². The molecule has 3 N–H and O–H groups in total. The fraction of sp³-hybridized carbons (Fsp3) is 0.316. The number of nitrogens with one attached hydrogen (secondary N) is 1. The average Bonchev–Trinajstić information content (AvgIpc) is 3.44. The number of halogens is 2. The number of para-hydroxylation sites is 1. The van der Waals surface area contributed by atoms with E-state index in [0.717, 1.165) is 18.4 Å². The van der Waals surface area contributed by atoms with Crippen LogP contribution in [0.25, 0.3) is 0 Å². The zero-order valence-electron chi connectivity index (χ0n) is 13.8. The van der Waals surface area contributed by atoms with Crippen LogP contribution in [0.15, 0.2) is 48.5 Å². The summed E-state index contributed by atoms with van der Waals surface area (Å²) in [7, 11) is 0. The van der Waals surface area contributed by atoms with Crippen molar-refractivity contribution >= 4 is 29.9 Å². The second kappa shape index (κ2) is 9.09. The molecule has 2 aromatic carbocycles. The quantitative estimate of drug-likeness (QED) is 0.767. The smallest absolute Gasteiger partial charge is 0.255 e. The third-order valence-corrected chi connectivity index (χ3v) is 4.60. The zero-order chi connectivity index (χ0) is 16.9. The summed E-state index contributed by atoms with van der Waals surface area (Å²) in [6, 6.07) is 14.8. The summed E-state index contributed by atoms with van der Waals surface area (Å²) in [6.45, 7) is 0.770. The van der Waals surface area contributed by atoms with Crippen LogP contribution < -0.4 is 15.8 Å². The molecule has 25 heavy (non-hydrogen) atoms. The topological polar surface area (TPSA) is 64.3 Å². The number of rotatable bonds is 7. The van der Waals surface area contributed by atoms with Crippen molar-refractivity contribution in [3.63, 3.8) is 0 Å². The molecule has 1 amide bonds. The van der Waals surface area contributed by atoms with Crippen molar-refractivity contribution in [1.82, 2.24) is 5.32 Å². The van der Waals surface area contributed by atoms with Gasteiger partial charge in [0, 0.05) is 23.2 Å². The van der Waals surface area contributed by atoms with E-state index in [0.29, 0.717) is 35.4 Å². The highest BCUT2D eigenvalue weighted by Crippen LogP contribution is 2.32. The number of hydrogen-bond donors (Lipinski definition) is 2. The highest BCUT2D eigenvalue weighted by Gasteiger charge is 2.31. The Kier molecular flexibility index (Phi) is 7.12. The number of hydrogen-bond acceptors (Lipinski definition) is 3. The predicted molar refractivity (Wildman–Crippen MR) is 103 cm³/mol. The summed E-state index contributed by atoms with van der Waals surface area (Å²) >= 11 is 6.15. The molecule has 3 rings (SSSR count). The van der Waals surface area contributed by atoms with E-state index in [1.807, 2.05) is 36.4 Å². The first-order valence-electron chi connectivity index (χ1n) is 8.15. The van der Waals surface area contributed by atoms with Gasteiger partial charge in [-0.1, -0.05) is 41.9 Å². The van der Waals surface area contributed by atoms with Crippen molar-refractivity contribution in [3.8, 4) is 5.75 Å². The zero-order valence-corrected chi connectivity index (χ0v) is 15.4. The SMILES string of the molecule is Cl.NCC(NC(=O)c1ccccc1OCc1ccccc1Cl)C1CC1. The van der Waals surface area contributed by atoms with Gasteiger partial charge >= 0.3 is 0 Å². The van der Waals surface area contributed by atoms with E-state index < -0.39 is 0 Å². The van der Waals surface area contributed by atoms with Gasteiger partial charge in [0.1, 0.15) is 12.4 Å². The molecule has 6 heteroatoms. The molecule has 0 saturated heterocycles. The highest BCUT2D eigenvalue weighted by molar-refractivity contribution is 6.31. The van der Waals surface area contributed by atoms with Crippen LogP contribution in [0, 0.1) is 5.92 Å². The van der Waals surface area contributed by atoms with Crippen LogP contribution in [0.5, 0.6) is 5.75 Å². The molecular formula is C19H22Cl2N2O2. The van der Waals surface area contributed by atoms with E-state index in [4.69, 9.17) is 22.1 Å². The predicted octanol–water partition coefficient (Wildman–Crippen LogP) is 3.81. The Bertz CT molecular complexity index is 720. The van der Waals surface area contributed by atoms with Gasteiger partial charge in [-0.2, -0.15) is 0 Å². The van der Waals surface area contributed by atoms with Crippen molar-refractivity contribution in [2.75, 3.05) is 6.54 Å². The van der Waals surface area contributed by atoms with Crippen LogP contribution >= 0.6 is 24.0 Å². The largest absolute Gasteiger partial charge is 0.488 e. The molecule has 2 aromatic rings. The van der Waals surface area contributed by atoms with Gasteiger partial charge in [0.2, 0.25) is 0 Å². The summed E-state index contributed by atoms with van der Waals surface area (Å²) < 4.78 is 5.84. The monoisotopic (exact) mass is 380 g/mol. The maximum atomic E-state index is 12.6. The minimum absolute atomic E-state index is 0. The Morgan fingerprint density at radius 1 is 1.20 bits per heavy atom. The lowest BCUT2D eigenvalue weighted by molar-refractivity contribution is 0.0929. The lowest BCUT2D eigenvalue weighted by atomic mass is 10.1. The molecule has 0 aromatic heterocycles. The molecule has 0 spiro atoms. The molecule has 1 saturated carbocycles. The number of nitrogens with two attached hydrogens (primary N) is 1. The molecule has 1 fully saturated rings. The molecule has 4 nitrogen and oxygen atoms in total. The maximum Gasteiger partial charge on any atom is 0.255 e. The minimum Gasteiger partial charge on any atom is -0.488 e. The summed E-state index contributed by atoms with van der Waals surface area (Å²) in [5.74, 6) is 0.906. The van der Waals surface area contributed by atoms with Crippen molar-refractivity contribution < 1.29 is 9.53 Å². The number of carbonyl (C=O) groups is 1. The highest BCUT2D eigenvalue weighted by atomic mass is 35.5. The van der Waals surface area contributed by atoms with Crippen molar-refractivity contribution in [1.29, 1.82) is 0 Å². The summed E-state index contributed by atoms with van der Waals surface area (Å²) in [4.78, 5) is 12.6. The summed E-state index contributed by atoms with van der Waals surface area (Å²) in [5, 5.41) is 3.67. The molecule has 0 heterocycles. The van der Waals surface area contributed by atoms with E-state index in [1.54, 1.807) is 12.1 Å². The van der Waals surface area contributed by atoms with Gasteiger partial charge in [0.25, 0.3) is 5.91 Å². The second-order valence-corrected chi connectivity index (χ2v) is 6.44. The third-order valence-electron chi connectivity index (χ3n) is 4.23. The first-order valence-corrected chi connectivity index (χ1v) is 8.53. The maximum absolute atomic E-state index is 12.6. The van der Waals surface area contributed by atoms with Crippen molar-refractivity contribution in [2.45, 2.75) is 25.5 Å². The Labute approximate surface area is 159 Å². The Hall–Kier alpha value is -1.75. The van der Waals surface area contributed by atoms with Crippen LogP contribution in [-0.4, -0.2) is 18.5 Å². The van der Waals surface area contributed by atoms with E-state index in [2.05, 4.69) is 5.32 Å². The van der Waals surface area contributed by atoms with Crippen molar-refractivity contribution in [3.05, 3.63) is 64.7 Å². The number of benzene rings is 2. The Balaban J connectivity index is 0.00000225. The molecule has 0 bridgehead atoms. The summed E-state index contributed by atoms with van der Waals surface area (Å²) in [5.41, 5.74) is 7.17. The molecule has 0 radical (unpaired) electrons. The lowest BCUT2D eigenvalue weighted by Crippen LogP contribution is -2.41. The first kappa shape index (κ1) is 19.6. The molecule has 1 unspecified atom stereocenters. The Morgan fingerprint density at radius 2 is 1.88 bits per heavy atom. The van der Waals surface area contributed by atoms with Gasteiger partial charge in [-0.25, -0.2) is 0 Å². The molecule has 134 valence electrons. The van der Waals surface area contributed by atoms with Crippen LogP contribution in [0.1, 0.15) is 28.8 Å². The van der Waals surface area contributed by atoms with Gasteiger partial charge in [-0.3, -0.25) is 4.79 Å². The van der Waals surface area contributed by atoms with E-state index in [-0.39, 0.29) is 24.4 Å². The molecule has 1 atom stereocenters. The van der Waals surface area contributed by atoms with E-state index in [1.165, 1.54) is 0 Å². The van der Waals surface area contributed by atoms with Crippen LogP contribution in [0.2, 0.25) is 5.02 Å². The molecule has 1 aliphatic rings. The minimum atomic E-state index is -0.146. The molecular weight excluding hydrogens is 359 g/mol. The van der Waals surface area contributed by atoms with Gasteiger partial charge in [0.15, 0.2) is 0 Å². The number of ether oxygens (including phenoxy) is 1. The first-order chi connectivity index (χ1) is 11.7. The standard InChI is InChI=1S/C19H21ClN2O2.ClH/c20-16-7-3-1-5-14(16)12-24-18-8-4-2-6-15(18)19(23)22-17(11-21)13-9-10-13;/h1-8,13,17H,9-12,21H2,(H,22,23);1H. The van der Waals surface area contributed by atoms with Gasteiger partial charge < -0.3 is 15.8 Å². The second-order valence-electron chi connectivity index (χ2n) is 6.03.